The summed E-state index contributed by atoms with van der Waals surface area (Å²) in [4.78, 5) is 18.3. The lowest BCUT2D eigenvalue weighted by molar-refractivity contribution is 1.02. The third-order valence-corrected chi connectivity index (χ3v) is 5.07. The second-order valence-electron chi connectivity index (χ2n) is 6.95. The molecule has 4 rings (SSSR count). The fraction of sp³-hybridized carbons (Fsp3) is 0.167. The minimum absolute atomic E-state index is 0.210. The third kappa shape index (κ3) is 3.59. The quantitative estimate of drug-likeness (QED) is 0.513. The van der Waals surface area contributed by atoms with Gasteiger partial charge in [0.05, 0.1) is 22.8 Å². The number of benzene rings is 2. The Morgan fingerprint density at radius 3 is 1.20 bits per heavy atom. The zero-order chi connectivity index (χ0) is 21.1. The Hall–Kier alpha value is -3.80. The highest BCUT2D eigenvalue weighted by Gasteiger charge is 2.22. The highest BCUT2D eigenvalue weighted by atomic mass is 15.0. The number of nitrogens with two attached hydrogens (primary N) is 2. The molecular weight excluding hydrogens is 372 g/mol. The molecule has 4 N–H and O–H groups in total. The van der Waals surface area contributed by atoms with Crippen LogP contribution in [0.2, 0.25) is 0 Å². The first-order valence-corrected chi connectivity index (χ1v) is 10.1. The van der Waals surface area contributed by atoms with E-state index in [-0.39, 0.29) is 11.9 Å². The van der Waals surface area contributed by atoms with Crippen molar-refractivity contribution in [3.05, 3.63) is 71.8 Å². The summed E-state index contributed by atoms with van der Waals surface area (Å²) in [5, 5.41) is 0. The molecule has 0 unspecified atom stereocenters. The van der Waals surface area contributed by atoms with Crippen molar-refractivity contribution in [2.24, 2.45) is 0 Å². The lowest BCUT2D eigenvalue weighted by atomic mass is 9.95. The Morgan fingerprint density at radius 2 is 0.867 bits per heavy atom. The Kier molecular flexibility index (Phi) is 5.39. The maximum atomic E-state index is 6.14. The number of rotatable bonds is 5. The van der Waals surface area contributed by atoms with Crippen LogP contribution in [0.3, 0.4) is 0 Å². The van der Waals surface area contributed by atoms with E-state index < -0.39 is 0 Å². The van der Waals surface area contributed by atoms with Crippen LogP contribution in [-0.2, 0) is 12.8 Å². The summed E-state index contributed by atoms with van der Waals surface area (Å²) in [6.45, 7) is 4.16. The van der Waals surface area contributed by atoms with Gasteiger partial charge in [0, 0.05) is 22.3 Å². The van der Waals surface area contributed by atoms with E-state index in [9.17, 15) is 0 Å². The van der Waals surface area contributed by atoms with Gasteiger partial charge >= 0.3 is 0 Å². The fourth-order valence-electron chi connectivity index (χ4n) is 3.73. The summed E-state index contributed by atoms with van der Waals surface area (Å²) >= 11 is 0. The highest BCUT2D eigenvalue weighted by molar-refractivity contribution is 5.79. The lowest BCUT2D eigenvalue weighted by Crippen LogP contribution is -2.09. The summed E-state index contributed by atoms with van der Waals surface area (Å²) in [5.74, 6) is 0.420. The zero-order valence-corrected chi connectivity index (χ0v) is 17.1. The van der Waals surface area contributed by atoms with Crippen molar-refractivity contribution in [1.29, 1.82) is 0 Å². The van der Waals surface area contributed by atoms with Crippen molar-refractivity contribution in [3.63, 3.8) is 0 Å². The molecule has 150 valence electrons. The average molecular weight is 396 g/mol. The van der Waals surface area contributed by atoms with Gasteiger partial charge in [0.1, 0.15) is 0 Å². The molecule has 0 saturated carbocycles. The van der Waals surface area contributed by atoms with Crippen molar-refractivity contribution in [1.82, 2.24) is 19.9 Å². The van der Waals surface area contributed by atoms with Gasteiger partial charge in [-0.05, 0) is 12.8 Å². The van der Waals surface area contributed by atoms with E-state index in [4.69, 9.17) is 11.5 Å². The molecule has 6 heteroatoms. The fourth-order valence-corrected chi connectivity index (χ4v) is 3.73. The second kappa shape index (κ2) is 8.29. The minimum atomic E-state index is 0.210. The summed E-state index contributed by atoms with van der Waals surface area (Å²) in [6.07, 6.45) is 1.46. The normalized spacial score (nSPS) is 10.9. The van der Waals surface area contributed by atoms with Crippen molar-refractivity contribution < 1.29 is 0 Å². The van der Waals surface area contributed by atoms with Crippen LogP contribution in [0.4, 0.5) is 11.9 Å². The van der Waals surface area contributed by atoms with Gasteiger partial charge in [-0.3, -0.25) is 0 Å². The molecule has 30 heavy (non-hydrogen) atoms. The van der Waals surface area contributed by atoms with Gasteiger partial charge in [-0.1, -0.05) is 74.5 Å². The molecule has 0 aliphatic carbocycles. The Labute approximate surface area is 176 Å². The van der Waals surface area contributed by atoms with Gasteiger partial charge in [0.15, 0.2) is 0 Å². The molecule has 0 spiro atoms. The molecule has 0 atom stereocenters. The molecule has 0 bridgehead atoms. The topological polar surface area (TPSA) is 104 Å². The standard InChI is InChI=1S/C24H24N6/c1-3-17-19(15-11-7-5-8-12-15)27-23(25)29-21(17)22-18(4-2)20(28-24(26)30-22)16-13-9-6-10-14-16/h5-14H,3-4H2,1-2H3,(H2,25,27,29)(H2,26,28,30). The Balaban J connectivity index is 2.02. The minimum Gasteiger partial charge on any atom is -0.368 e. The summed E-state index contributed by atoms with van der Waals surface area (Å²) in [7, 11) is 0. The highest BCUT2D eigenvalue weighted by Crippen LogP contribution is 2.35. The summed E-state index contributed by atoms with van der Waals surface area (Å²) in [5.41, 5.74) is 19.3. The summed E-state index contributed by atoms with van der Waals surface area (Å²) in [6, 6.07) is 20.0. The monoisotopic (exact) mass is 396 g/mol. The SMILES string of the molecule is CCc1c(-c2ccccc2)nc(N)nc1-c1nc(N)nc(-c2ccccc2)c1CC. The Bertz CT molecular complexity index is 1080. The van der Waals surface area contributed by atoms with Gasteiger partial charge in [0.2, 0.25) is 11.9 Å². The predicted octanol–water partition coefficient (Wildman–Crippen LogP) is 4.56. The van der Waals surface area contributed by atoms with Gasteiger partial charge in [-0.2, -0.15) is 0 Å². The molecule has 2 aromatic heterocycles. The van der Waals surface area contributed by atoms with Crippen molar-refractivity contribution >= 4 is 11.9 Å². The Morgan fingerprint density at radius 1 is 0.533 bits per heavy atom. The second-order valence-corrected chi connectivity index (χ2v) is 6.95. The molecule has 0 aliphatic rings. The van der Waals surface area contributed by atoms with Crippen LogP contribution < -0.4 is 11.5 Å². The van der Waals surface area contributed by atoms with Gasteiger partial charge in [0.25, 0.3) is 0 Å². The first kappa shape index (κ1) is 19.5. The van der Waals surface area contributed by atoms with E-state index in [2.05, 4.69) is 33.8 Å². The molecule has 6 nitrogen and oxygen atoms in total. The average Bonchev–Trinajstić information content (AvgIpc) is 2.79. The van der Waals surface area contributed by atoms with E-state index in [1.807, 2.05) is 60.7 Å². The van der Waals surface area contributed by atoms with E-state index in [0.29, 0.717) is 11.4 Å². The zero-order valence-electron chi connectivity index (χ0n) is 17.1. The molecule has 4 aromatic rings. The van der Waals surface area contributed by atoms with Crippen molar-refractivity contribution in [2.75, 3.05) is 11.5 Å². The lowest BCUT2D eigenvalue weighted by Gasteiger charge is -2.17. The van der Waals surface area contributed by atoms with Crippen LogP contribution in [0.1, 0.15) is 25.0 Å². The van der Waals surface area contributed by atoms with Crippen LogP contribution in [0.5, 0.6) is 0 Å². The van der Waals surface area contributed by atoms with Crippen LogP contribution in [-0.4, -0.2) is 19.9 Å². The number of nitrogen functional groups attached to an aromatic ring is 2. The first-order valence-electron chi connectivity index (χ1n) is 10.1. The van der Waals surface area contributed by atoms with E-state index in [1.54, 1.807) is 0 Å². The van der Waals surface area contributed by atoms with Crippen LogP contribution in [0.25, 0.3) is 33.9 Å². The van der Waals surface area contributed by atoms with Crippen LogP contribution >= 0.6 is 0 Å². The molecule has 0 amide bonds. The third-order valence-electron chi connectivity index (χ3n) is 5.07. The number of aromatic nitrogens is 4. The molecule has 2 aromatic carbocycles. The molecular formula is C24H24N6. The van der Waals surface area contributed by atoms with E-state index in [1.165, 1.54) is 0 Å². The smallest absolute Gasteiger partial charge is 0.221 e. The number of hydrogen-bond acceptors (Lipinski definition) is 6. The number of hydrogen-bond donors (Lipinski definition) is 2. The van der Waals surface area contributed by atoms with E-state index in [0.717, 1.165) is 46.5 Å². The van der Waals surface area contributed by atoms with E-state index >= 15 is 0 Å². The van der Waals surface area contributed by atoms with Gasteiger partial charge in [-0.15, -0.1) is 0 Å². The van der Waals surface area contributed by atoms with Gasteiger partial charge in [-0.25, -0.2) is 19.9 Å². The van der Waals surface area contributed by atoms with Crippen LogP contribution in [0.15, 0.2) is 60.7 Å². The maximum Gasteiger partial charge on any atom is 0.221 e. The van der Waals surface area contributed by atoms with Crippen molar-refractivity contribution in [3.8, 4) is 33.9 Å². The molecule has 0 aliphatic heterocycles. The molecule has 0 saturated heterocycles. The van der Waals surface area contributed by atoms with Gasteiger partial charge < -0.3 is 11.5 Å². The molecule has 0 radical (unpaired) electrons. The van der Waals surface area contributed by atoms with Crippen LogP contribution in [0, 0.1) is 0 Å². The molecule has 2 heterocycles. The first-order chi connectivity index (χ1) is 14.6. The maximum absolute atomic E-state index is 6.14. The largest absolute Gasteiger partial charge is 0.368 e. The summed E-state index contributed by atoms with van der Waals surface area (Å²) < 4.78 is 0. The van der Waals surface area contributed by atoms with Crippen molar-refractivity contribution in [2.45, 2.75) is 26.7 Å². The predicted molar refractivity (Wildman–Crippen MR) is 122 cm³/mol. The number of anilines is 2. The number of nitrogens with zero attached hydrogens (tertiary/aromatic N) is 4. The molecule has 0 fully saturated rings.